The predicted molar refractivity (Wildman–Crippen MR) is 58.0 cm³/mol. The van der Waals surface area contributed by atoms with Crippen LogP contribution in [0.2, 0.25) is 0 Å². The molecule has 0 unspecified atom stereocenters. The Hall–Kier alpha value is 1.18. The van der Waals surface area contributed by atoms with E-state index in [9.17, 15) is 8.42 Å². The fraction of sp³-hybridized carbons (Fsp3) is 0.833. The van der Waals surface area contributed by atoms with Crippen molar-refractivity contribution in [2.75, 3.05) is 26.4 Å². The summed E-state index contributed by atoms with van der Waals surface area (Å²) in [4.78, 5) is 0. The first kappa shape index (κ1) is 17.6. The Bertz CT molecular complexity index is 289. The zero-order valence-corrected chi connectivity index (χ0v) is 13.0. The van der Waals surface area contributed by atoms with E-state index in [2.05, 4.69) is 0 Å². The van der Waals surface area contributed by atoms with Gasteiger partial charge in [-0.3, -0.25) is 4.55 Å². The second kappa shape index (κ2) is 6.70. The minimum Gasteiger partial charge on any atom is -0.370 e. The van der Waals surface area contributed by atoms with Crippen molar-refractivity contribution in [2.24, 2.45) is 0 Å². The largest absolute Gasteiger partial charge is 1.00 e. The van der Waals surface area contributed by atoms with Crippen LogP contribution in [-0.4, -0.2) is 48.2 Å². The Labute approximate surface area is 118 Å². The van der Waals surface area contributed by atoms with Crippen molar-refractivity contribution in [1.82, 2.24) is 0 Å². The molecule has 0 aromatic rings. The van der Waals surface area contributed by atoms with Crippen LogP contribution in [0.4, 0.5) is 0 Å². The molecule has 0 atom stereocenters. The maximum absolute atomic E-state index is 10.4. The molecule has 0 aliphatic heterocycles. The van der Waals surface area contributed by atoms with Gasteiger partial charge in [0, 0.05) is 10.7 Å². The number of hydrogen-bond donors (Lipinski definition) is 1. The second-order valence-corrected chi connectivity index (χ2v) is 5.92. The van der Waals surface area contributed by atoms with Crippen LogP contribution in [0, 0.1) is 0 Å². The molecule has 0 aliphatic rings. The summed E-state index contributed by atoms with van der Waals surface area (Å²) in [5, 5.41) is 0. The van der Waals surface area contributed by atoms with Gasteiger partial charge in [0.15, 0.2) is 0 Å². The Kier molecular flexibility index (Phi) is 8.40. The first-order chi connectivity index (χ1) is 5.65. The van der Waals surface area contributed by atoms with Gasteiger partial charge < -0.3 is 29.3 Å². The summed E-state index contributed by atoms with van der Waals surface area (Å²) in [6, 6.07) is 0. The van der Waals surface area contributed by atoms with Crippen LogP contribution in [0.5, 0.6) is 0 Å². The molecule has 78 valence electrons. The predicted octanol–water partition coefficient (Wildman–Crippen LogP) is -2.82. The van der Waals surface area contributed by atoms with Gasteiger partial charge in [0.2, 0.25) is 0 Å². The monoisotopic (exact) mass is 266 g/mol. The summed E-state index contributed by atoms with van der Waals surface area (Å²) in [6.45, 7) is 0.516. The minimum atomic E-state index is -3.86. The molecule has 0 rings (SSSR count). The molecule has 0 radical (unpaired) electrons. The number of hydrogen-bond acceptors (Lipinski definition) is 4. The maximum Gasteiger partial charge on any atom is 1.00 e. The average molecular weight is 266 g/mol. The van der Waals surface area contributed by atoms with Crippen LogP contribution in [-0.2, 0) is 22.7 Å². The van der Waals surface area contributed by atoms with Crippen LogP contribution < -0.4 is 29.6 Å². The molecule has 0 spiro atoms. The van der Waals surface area contributed by atoms with E-state index < -0.39 is 10.1 Å². The molecule has 0 heterocycles. The van der Waals surface area contributed by atoms with Crippen molar-refractivity contribution in [3.8, 4) is 0 Å². The van der Waals surface area contributed by atoms with E-state index in [1.807, 2.05) is 0 Å². The van der Waals surface area contributed by atoms with Gasteiger partial charge in [-0.1, -0.05) is 0 Å². The van der Waals surface area contributed by atoms with Crippen molar-refractivity contribution < 1.29 is 47.0 Å². The van der Waals surface area contributed by atoms with Gasteiger partial charge in [-0.25, -0.2) is 0 Å². The van der Waals surface area contributed by atoms with E-state index >= 15 is 0 Å². The van der Waals surface area contributed by atoms with Gasteiger partial charge in [-0.05, 0) is 0 Å². The number of quaternary nitrogens is 1. The fourth-order valence-electron chi connectivity index (χ4n) is 0.734. The van der Waals surface area contributed by atoms with E-state index in [-0.39, 0.29) is 35.3 Å². The van der Waals surface area contributed by atoms with Gasteiger partial charge >= 0.3 is 29.6 Å². The zero-order chi connectivity index (χ0) is 10.7. The third-order valence-corrected chi connectivity index (χ3v) is 3.41. The molecule has 0 bridgehead atoms. The van der Waals surface area contributed by atoms with Crippen molar-refractivity contribution >= 4 is 39.3 Å². The third kappa shape index (κ3) is 8.49. The smallest absolute Gasteiger partial charge is 0.370 e. The van der Waals surface area contributed by atoms with Gasteiger partial charge in [-0.2, -0.15) is 8.42 Å². The Morgan fingerprint density at radius 1 is 1.50 bits per heavy atom. The summed E-state index contributed by atoms with van der Waals surface area (Å²) in [5.41, 5.74) is 0. The van der Waals surface area contributed by atoms with Crippen molar-refractivity contribution in [3.05, 3.63) is 0 Å². The molecule has 0 amide bonds. The second-order valence-electron chi connectivity index (χ2n) is 3.31. The first-order valence-electron chi connectivity index (χ1n) is 3.65. The molecule has 0 aromatic heterocycles. The molecule has 0 saturated heterocycles. The molecule has 0 aliphatic carbocycles. The van der Waals surface area contributed by atoms with Crippen molar-refractivity contribution in [2.45, 2.75) is 6.42 Å². The van der Waals surface area contributed by atoms with E-state index in [1.165, 1.54) is 0 Å². The molecule has 14 heavy (non-hydrogen) atoms. The number of rotatable bonds is 4. The quantitative estimate of drug-likeness (QED) is 0.196. The van der Waals surface area contributed by atoms with Crippen molar-refractivity contribution in [3.63, 3.8) is 0 Å². The summed E-state index contributed by atoms with van der Waals surface area (Å²) >= 11 is 9.63. The van der Waals surface area contributed by atoms with E-state index in [4.69, 9.17) is 29.4 Å². The SMILES string of the molecule is C[N+](C)(CCCS(=O)(=O)O)C(=S)[S-].[Na+]. The summed E-state index contributed by atoms with van der Waals surface area (Å²) in [7, 11) is -0.250. The summed E-state index contributed by atoms with van der Waals surface area (Å²) in [6.07, 6.45) is 0.350. The Balaban J connectivity index is 0. The van der Waals surface area contributed by atoms with E-state index in [0.717, 1.165) is 0 Å². The fourth-order valence-corrected chi connectivity index (χ4v) is 1.41. The number of thiocarbonyl (C=S) groups is 1. The van der Waals surface area contributed by atoms with Gasteiger partial charge in [0.25, 0.3) is 10.1 Å². The minimum absolute atomic E-state index is 0. The topological polar surface area (TPSA) is 54.4 Å². The summed E-state index contributed by atoms with van der Waals surface area (Å²) in [5.74, 6) is -0.243. The van der Waals surface area contributed by atoms with E-state index in [0.29, 0.717) is 21.8 Å². The maximum atomic E-state index is 10.4. The van der Waals surface area contributed by atoms with Crippen LogP contribution in [0.15, 0.2) is 0 Å². The molecular weight excluding hydrogens is 253 g/mol. The number of nitrogens with zero attached hydrogens (tertiary/aromatic N) is 1. The molecule has 1 N–H and O–H groups in total. The van der Waals surface area contributed by atoms with Gasteiger partial charge in [-0.15, -0.1) is 0 Å². The zero-order valence-electron chi connectivity index (χ0n) is 8.56. The van der Waals surface area contributed by atoms with E-state index in [1.54, 1.807) is 14.1 Å². The first-order valence-corrected chi connectivity index (χ1v) is 6.07. The standard InChI is InChI=1S/C6H13NO3S3.Na/c1-7(2,6(11)12)4-3-5-13(8,9)10;/h3-5H2,1-2H3,(H-,8,9,10,11,12);/q;+1. The Morgan fingerprint density at radius 2 is 1.93 bits per heavy atom. The van der Waals surface area contributed by atoms with Crippen LogP contribution >= 0.6 is 12.2 Å². The molecular formula is C6H13NNaO3S3+. The van der Waals surface area contributed by atoms with Gasteiger partial charge in [0.1, 0.15) is 0 Å². The summed E-state index contributed by atoms with van der Waals surface area (Å²) < 4.78 is 29.9. The molecule has 0 fully saturated rings. The Morgan fingerprint density at radius 3 is 2.21 bits per heavy atom. The average Bonchev–Trinajstić information content (AvgIpc) is 1.82. The molecule has 4 nitrogen and oxygen atoms in total. The van der Waals surface area contributed by atoms with Gasteiger partial charge in [0.05, 0.1) is 26.4 Å². The third-order valence-electron chi connectivity index (χ3n) is 1.61. The van der Waals surface area contributed by atoms with Crippen LogP contribution in [0.3, 0.4) is 0 Å². The molecule has 0 aromatic carbocycles. The van der Waals surface area contributed by atoms with Crippen LogP contribution in [0.25, 0.3) is 0 Å². The molecule has 0 saturated carbocycles. The normalized spacial score (nSPS) is 11.9. The van der Waals surface area contributed by atoms with Crippen LogP contribution in [0.1, 0.15) is 6.42 Å². The van der Waals surface area contributed by atoms with Crippen molar-refractivity contribution in [1.29, 1.82) is 0 Å². The molecule has 8 heteroatoms.